The second-order valence-electron chi connectivity index (χ2n) is 6.62. The minimum absolute atomic E-state index is 0.544. The molecular weight excluding hydrogens is 304 g/mol. The maximum absolute atomic E-state index is 5.43. The summed E-state index contributed by atoms with van der Waals surface area (Å²) in [5.41, 5.74) is 0.907. The van der Waals surface area contributed by atoms with Gasteiger partial charge in [0.1, 0.15) is 5.75 Å². The highest BCUT2D eigenvalue weighted by Gasteiger charge is 2.21. The Morgan fingerprint density at radius 2 is 2.12 bits per heavy atom. The van der Waals surface area contributed by atoms with Crippen molar-refractivity contribution in [3.05, 3.63) is 30.2 Å². The van der Waals surface area contributed by atoms with Crippen LogP contribution >= 0.6 is 0 Å². The monoisotopic (exact) mass is 330 g/mol. The van der Waals surface area contributed by atoms with E-state index in [1.165, 1.54) is 0 Å². The molecule has 1 aliphatic heterocycles. The predicted molar refractivity (Wildman–Crippen MR) is 92.9 cm³/mol. The van der Waals surface area contributed by atoms with Gasteiger partial charge in [0.15, 0.2) is 0 Å². The third-order valence-electron chi connectivity index (χ3n) is 4.31. The molecule has 6 nitrogen and oxygen atoms in total. The first-order chi connectivity index (χ1) is 11.6. The molecule has 1 saturated heterocycles. The van der Waals surface area contributed by atoms with Crippen LogP contribution in [0.25, 0.3) is 11.4 Å². The van der Waals surface area contributed by atoms with Crippen molar-refractivity contribution in [2.75, 3.05) is 20.2 Å². The lowest BCUT2D eigenvalue weighted by Gasteiger charge is -2.32. The minimum Gasteiger partial charge on any atom is -0.497 e. The van der Waals surface area contributed by atoms with Crippen LogP contribution < -0.4 is 10.1 Å². The Kier molecular flexibility index (Phi) is 5.48. The van der Waals surface area contributed by atoms with Gasteiger partial charge >= 0.3 is 0 Å². The summed E-state index contributed by atoms with van der Waals surface area (Å²) < 4.78 is 10.7. The average Bonchev–Trinajstić information content (AvgIpc) is 3.05. The first kappa shape index (κ1) is 16.9. The number of piperidine rings is 1. The summed E-state index contributed by atoms with van der Waals surface area (Å²) >= 11 is 0. The molecule has 0 spiro atoms. The largest absolute Gasteiger partial charge is 0.497 e. The number of hydrogen-bond acceptors (Lipinski definition) is 6. The molecule has 2 aromatic rings. The molecule has 0 unspecified atom stereocenters. The number of benzene rings is 1. The van der Waals surface area contributed by atoms with E-state index in [1.807, 2.05) is 24.3 Å². The number of methoxy groups -OCH3 is 1. The van der Waals surface area contributed by atoms with Crippen molar-refractivity contribution in [2.24, 2.45) is 0 Å². The first-order valence-corrected chi connectivity index (χ1v) is 8.59. The summed E-state index contributed by atoms with van der Waals surface area (Å²) in [6, 6.07) is 8.87. The molecule has 24 heavy (non-hydrogen) atoms. The van der Waals surface area contributed by atoms with Gasteiger partial charge in [-0.3, -0.25) is 4.90 Å². The Bertz CT molecular complexity index is 648. The van der Waals surface area contributed by atoms with Gasteiger partial charge in [0.2, 0.25) is 11.7 Å². The molecule has 0 saturated carbocycles. The lowest BCUT2D eigenvalue weighted by Crippen LogP contribution is -2.44. The van der Waals surface area contributed by atoms with E-state index in [0.29, 0.717) is 30.3 Å². The number of hydrogen-bond donors (Lipinski definition) is 1. The van der Waals surface area contributed by atoms with E-state index in [0.717, 1.165) is 37.2 Å². The Balaban J connectivity index is 1.57. The maximum atomic E-state index is 5.43. The second-order valence-corrected chi connectivity index (χ2v) is 6.62. The Labute approximate surface area is 143 Å². The van der Waals surface area contributed by atoms with Crippen LogP contribution in [0.1, 0.15) is 32.6 Å². The molecule has 1 aromatic carbocycles. The Morgan fingerprint density at radius 1 is 1.33 bits per heavy atom. The van der Waals surface area contributed by atoms with Gasteiger partial charge in [0, 0.05) is 30.7 Å². The third-order valence-corrected chi connectivity index (χ3v) is 4.31. The lowest BCUT2D eigenvalue weighted by atomic mass is 10.0. The predicted octanol–water partition coefficient (Wildman–Crippen LogP) is 2.71. The zero-order chi connectivity index (χ0) is 16.9. The topological polar surface area (TPSA) is 63.4 Å². The van der Waals surface area contributed by atoms with E-state index in [-0.39, 0.29) is 0 Å². The summed E-state index contributed by atoms with van der Waals surface area (Å²) in [6.07, 6.45) is 2.32. The Morgan fingerprint density at radius 3 is 2.83 bits per heavy atom. The Hall–Kier alpha value is -1.92. The van der Waals surface area contributed by atoms with Crippen molar-refractivity contribution in [3.63, 3.8) is 0 Å². The summed E-state index contributed by atoms with van der Waals surface area (Å²) in [4.78, 5) is 6.90. The standard InChI is InChI=1S/C18H26N4O2/c1-13(2)19-15-7-9-22(10-8-15)12-17-20-18(21-24-17)14-5-4-6-16(11-14)23-3/h4-6,11,13,15,19H,7-10,12H2,1-3H3. The second kappa shape index (κ2) is 7.77. The van der Waals surface area contributed by atoms with Crippen LogP contribution in [0.4, 0.5) is 0 Å². The fraction of sp³-hybridized carbons (Fsp3) is 0.556. The van der Waals surface area contributed by atoms with Crippen molar-refractivity contribution < 1.29 is 9.26 Å². The maximum Gasteiger partial charge on any atom is 0.241 e. The quantitative estimate of drug-likeness (QED) is 0.878. The molecule has 2 heterocycles. The number of ether oxygens (including phenoxy) is 1. The molecule has 130 valence electrons. The molecule has 0 aliphatic carbocycles. The van der Waals surface area contributed by atoms with E-state index in [9.17, 15) is 0 Å². The highest BCUT2D eigenvalue weighted by atomic mass is 16.5. The molecule has 1 aliphatic rings. The smallest absolute Gasteiger partial charge is 0.241 e. The van der Waals surface area contributed by atoms with E-state index >= 15 is 0 Å². The van der Waals surface area contributed by atoms with Crippen LogP contribution in [0.5, 0.6) is 5.75 Å². The van der Waals surface area contributed by atoms with E-state index in [4.69, 9.17) is 9.26 Å². The fourth-order valence-corrected chi connectivity index (χ4v) is 3.12. The van der Waals surface area contributed by atoms with Gasteiger partial charge in [0.05, 0.1) is 13.7 Å². The van der Waals surface area contributed by atoms with Gasteiger partial charge < -0.3 is 14.6 Å². The summed E-state index contributed by atoms with van der Waals surface area (Å²) in [5, 5.41) is 7.71. The molecule has 1 aromatic heterocycles. The molecule has 1 fully saturated rings. The van der Waals surface area contributed by atoms with Gasteiger partial charge in [-0.15, -0.1) is 0 Å². The van der Waals surface area contributed by atoms with E-state index in [2.05, 4.69) is 34.2 Å². The van der Waals surface area contributed by atoms with Gasteiger partial charge in [-0.05, 0) is 25.0 Å². The summed E-state index contributed by atoms with van der Waals surface area (Å²) in [7, 11) is 1.65. The van der Waals surface area contributed by atoms with Crippen molar-refractivity contribution in [1.82, 2.24) is 20.4 Å². The van der Waals surface area contributed by atoms with Gasteiger partial charge in [-0.1, -0.05) is 31.1 Å². The molecular formula is C18H26N4O2. The highest BCUT2D eigenvalue weighted by molar-refractivity contribution is 5.56. The zero-order valence-electron chi connectivity index (χ0n) is 14.7. The number of likely N-dealkylation sites (tertiary alicyclic amines) is 1. The summed E-state index contributed by atoms with van der Waals surface area (Å²) in [6.45, 7) is 7.23. The van der Waals surface area contributed by atoms with Gasteiger partial charge in [0.25, 0.3) is 0 Å². The van der Waals surface area contributed by atoms with Crippen molar-refractivity contribution in [3.8, 4) is 17.1 Å². The van der Waals surface area contributed by atoms with Crippen molar-refractivity contribution >= 4 is 0 Å². The van der Waals surface area contributed by atoms with E-state index in [1.54, 1.807) is 7.11 Å². The minimum atomic E-state index is 0.544. The van der Waals surface area contributed by atoms with Gasteiger partial charge in [-0.25, -0.2) is 0 Å². The van der Waals surface area contributed by atoms with Crippen LogP contribution in [-0.2, 0) is 6.54 Å². The van der Waals surface area contributed by atoms with Crippen molar-refractivity contribution in [1.29, 1.82) is 0 Å². The zero-order valence-corrected chi connectivity index (χ0v) is 14.7. The normalized spacial score (nSPS) is 16.7. The van der Waals surface area contributed by atoms with E-state index < -0.39 is 0 Å². The van der Waals surface area contributed by atoms with Gasteiger partial charge in [-0.2, -0.15) is 4.98 Å². The third kappa shape index (κ3) is 4.33. The molecule has 1 N–H and O–H groups in total. The molecule has 0 amide bonds. The van der Waals surface area contributed by atoms with Crippen LogP contribution in [0.3, 0.4) is 0 Å². The van der Waals surface area contributed by atoms with Crippen molar-refractivity contribution in [2.45, 2.75) is 45.3 Å². The first-order valence-electron chi connectivity index (χ1n) is 8.59. The fourth-order valence-electron chi connectivity index (χ4n) is 3.12. The molecule has 3 rings (SSSR count). The molecule has 0 bridgehead atoms. The lowest BCUT2D eigenvalue weighted by molar-refractivity contribution is 0.167. The number of rotatable bonds is 6. The molecule has 6 heteroatoms. The highest BCUT2D eigenvalue weighted by Crippen LogP contribution is 2.22. The molecule has 0 atom stereocenters. The van der Waals surface area contributed by atoms with Crippen LogP contribution in [0.15, 0.2) is 28.8 Å². The average molecular weight is 330 g/mol. The van der Waals surface area contributed by atoms with Crippen LogP contribution in [0, 0.1) is 0 Å². The molecule has 0 radical (unpaired) electrons. The summed E-state index contributed by atoms with van der Waals surface area (Å²) in [5.74, 6) is 2.07. The number of nitrogens with zero attached hydrogens (tertiary/aromatic N) is 3. The van der Waals surface area contributed by atoms with Crippen LogP contribution in [-0.4, -0.2) is 47.3 Å². The SMILES string of the molecule is COc1cccc(-c2noc(CN3CCC(NC(C)C)CC3)n2)c1. The van der Waals surface area contributed by atoms with Crippen LogP contribution in [0.2, 0.25) is 0 Å². The number of aromatic nitrogens is 2. The number of nitrogens with one attached hydrogen (secondary N) is 1.